The molecule has 0 aromatic heterocycles. The van der Waals surface area contributed by atoms with E-state index in [-0.39, 0.29) is 6.61 Å². The monoisotopic (exact) mass is 379 g/mol. The lowest BCUT2D eigenvalue weighted by atomic mass is 10.1. The van der Waals surface area contributed by atoms with Gasteiger partial charge in [0.1, 0.15) is 6.61 Å². The molecule has 0 atom stereocenters. The zero-order valence-corrected chi connectivity index (χ0v) is 15.1. The van der Waals surface area contributed by atoms with Gasteiger partial charge in [-0.1, -0.05) is 63.4 Å². The zero-order chi connectivity index (χ0) is 19.4. The van der Waals surface area contributed by atoms with Gasteiger partial charge in [-0.2, -0.15) is 0 Å². The smallest absolute Gasteiger partial charge is 0.200 e. The van der Waals surface area contributed by atoms with Crippen molar-refractivity contribution < 1.29 is 26.8 Å². The van der Waals surface area contributed by atoms with E-state index in [1.165, 1.54) is 38.5 Å². The first-order valence-corrected chi connectivity index (χ1v) is 9.17. The Morgan fingerprint density at radius 1 is 0.654 bits per heavy atom. The number of hydrogen-bond acceptors (Lipinski definition) is 2. The average Bonchev–Trinajstić information content (AvgIpc) is 2.64. The lowest BCUT2D eigenvalue weighted by molar-refractivity contribution is 0.141. The third-order valence-corrected chi connectivity index (χ3v) is 4.09. The van der Waals surface area contributed by atoms with Crippen LogP contribution in [0.2, 0.25) is 0 Å². The van der Waals surface area contributed by atoms with E-state index >= 15 is 0 Å². The van der Waals surface area contributed by atoms with Crippen molar-refractivity contribution >= 4 is 6.21 Å². The van der Waals surface area contributed by atoms with Crippen LogP contribution >= 0.6 is 0 Å². The molecule has 0 aliphatic carbocycles. The van der Waals surface area contributed by atoms with Crippen LogP contribution < -0.4 is 0 Å². The second-order valence-electron chi connectivity index (χ2n) is 6.23. The predicted octanol–water partition coefficient (Wildman–Crippen LogP) is 6.65. The molecule has 0 unspecified atom stereocenters. The van der Waals surface area contributed by atoms with Gasteiger partial charge in [-0.15, -0.1) is 0 Å². The first-order valence-electron chi connectivity index (χ1n) is 9.17. The zero-order valence-electron chi connectivity index (χ0n) is 15.1. The van der Waals surface area contributed by atoms with Gasteiger partial charge in [0.05, 0.1) is 11.8 Å². The Morgan fingerprint density at radius 3 is 1.58 bits per heavy atom. The van der Waals surface area contributed by atoms with Crippen molar-refractivity contribution in [1.29, 1.82) is 0 Å². The molecule has 0 bridgehead atoms. The summed E-state index contributed by atoms with van der Waals surface area (Å²) in [5.41, 5.74) is -1.11. The fraction of sp³-hybridized carbons (Fsp3) is 0.632. The Hall–Kier alpha value is -1.66. The minimum Gasteiger partial charge on any atom is -0.396 e. The molecule has 0 saturated heterocycles. The Kier molecular flexibility index (Phi) is 10.9. The molecule has 0 amide bonds. The second-order valence-corrected chi connectivity index (χ2v) is 6.23. The summed E-state index contributed by atoms with van der Waals surface area (Å²) in [7, 11) is 0. The van der Waals surface area contributed by atoms with Gasteiger partial charge in [-0.25, -0.2) is 22.0 Å². The number of oxime groups is 1. The van der Waals surface area contributed by atoms with Crippen molar-refractivity contribution in [2.45, 2.75) is 71.1 Å². The Balaban J connectivity index is 2.19. The molecule has 0 saturated carbocycles. The van der Waals surface area contributed by atoms with Gasteiger partial charge in [0.25, 0.3) is 0 Å². The van der Waals surface area contributed by atoms with E-state index < -0.39 is 34.6 Å². The highest BCUT2D eigenvalue weighted by molar-refractivity contribution is 5.80. The summed E-state index contributed by atoms with van der Waals surface area (Å²) in [5.74, 6) is -10.0. The van der Waals surface area contributed by atoms with Crippen LogP contribution in [0.15, 0.2) is 5.16 Å². The maximum atomic E-state index is 13.4. The van der Waals surface area contributed by atoms with Gasteiger partial charge in [-0.3, -0.25) is 0 Å². The van der Waals surface area contributed by atoms with Crippen LogP contribution in [-0.2, 0) is 4.84 Å². The summed E-state index contributed by atoms with van der Waals surface area (Å²) >= 11 is 0. The van der Waals surface area contributed by atoms with Crippen LogP contribution in [-0.4, -0.2) is 12.8 Å². The van der Waals surface area contributed by atoms with E-state index in [1.54, 1.807) is 0 Å². The maximum Gasteiger partial charge on any atom is 0.200 e. The third kappa shape index (κ3) is 7.30. The predicted molar refractivity (Wildman–Crippen MR) is 91.6 cm³/mol. The van der Waals surface area contributed by atoms with Crippen molar-refractivity contribution in [2.24, 2.45) is 5.16 Å². The van der Waals surface area contributed by atoms with Crippen molar-refractivity contribution in [2.75, 3.05) is 6.61 Å². The lowest BCUT2D eigenvalue weighted by Crippen LogP contribution is -2.06. The van der Waals surface area contributed by atoms with E-state index in [9.17, 15) is 22.0 Å². The second kappa shape index (κ2) is 12.7. The molecule has 0 aliphatic heterocycles. The molecule has 7 heteroatoms. The Bertz CT molecular complexity index is 549. The molecule has 0 aliphatic rings. The molecule has 1 rings (SSSR count). The fourth-order valence-corrected chi connectivity index (χ4v) is 2.53. The fourth-order valence-electron chi connectivity index (χ4n) is 2.53. The van der Waals surface area contributed by atoms with Crippen molar-refractivity contribution in [3.8, 4) is 0 Å². The van der Waals surface area contributed by atoms with E-state index in [1.807, 2.05) is 0 Å². The molecule has 1 aromatic carbocycles. The molecule has 0 radical (unpaired) electrons. The summed E-state index contributed by atoms with van der Waals surface area (Å²) < 4.78 is 65.7. The number of halogens is 5. The molecular formula is C19H26F5NO. The van der Waals surface area contributed by atoms with Crippen LogP contribution in [0.4, 0.5) is 22.0 Å². The summed E-state index contributed by atoms with van der Waals surface area (Å²) in [6.45, 7) is 2.41. The van der Waals surface area contributed by atoms with Crippen LogP contribution in [0.1, 0.15) is 76.7 Å². The number of nitrogens with zero attached hydrogens (tertiary/aromatic N) is 1. The summed E-state index contributed by atoms with van der Waals surface area (Å²) in [6.07, 6.45) is 12.0. The van der Waals surface area contributed by atoms with Gasteiger partial charge in [0.2, 0.25) is 5.82 Å². The minimum absolute atomic E-state index is 0.225. The highest BCUT2D eigenvalue weighted by Gasteiger charge is 2.24. The molecular weight excluding hydrogens is 353 g/mol. The van der Waals surface area contributed by atoms with Crippen LogP contribution in [0.3, 0.4) is 0 Å². The topological polar surface area (TPSA) is 21.6 Å². The largest absolute Gasteiger partial charge is 0.396 e. The molecule has 1 aromatic rings. The third-order valence-electron chi connectivity index (χ3n) is 4.09. The molecule has 0 heterocycles. The van der Waals surface area contributed by atoms with Gasteiger partial charge < -0.3 is 4.84 Å². The number of rotatable bonds is 13. The molecule has 0 N–H and O–H groups in total. The van der Waals surface area contributed by atoms with E-state index in [4.69, 9.17) is 4.84 Å². The molecule has 0 spiro atoms. The van der Waals surface area contributed by atoms with E-state index in [0.717, 1.165) is 19.3 Å². The SMILES string of the molecule is CCCCCCCCCCCCO/N=C\c1c(F)c(F)c(F)c(F)c1F. The summed E-state index contributed by atoms with van der Waals surface area (Å²) in [5, 5.41) is 3.29. The van der Waals surface area contributed by atoms with Gasteiger partial charge in [0, 0.05) is 0 Å². The quantitative estimate of drug-likeness (QED) is 0.0938. The highest BCUT2D eigenvalue weighted by atomic mass is 19.2. The van der Waals surface area contributed by atoms with Crippen molar-refractivity contribution in [1.82, 2.24) is 0 Å². The van der Waals surface area contributed by atoms with Crippen LogP contribution in [0.5, 0.6) is 0 Å². The number of unbranched alkanes of at least 4 members (excludes halogenated alkanes) is 9. The van der Waals surface area contributed by atoms with Crippen molar-refractivity contribution in [3.63, 3.8) is 0 Å². The first-order chi connectivity index (χ1) is 12.5. The number of benzene rings is 1. The standard InChI is InChI=1S/C19H26F5NO/c1-2-3-4-5-6-7-8-9-10-11-12-26-25-13-14-15(20)17(22)19(24)18(23)16(14)21/h13H,2-12H2,1H3/b25-13-. The normalized spacial score (nSPS) is 11.5. The number of hydrogen-bond donors (Lipinski definition) is 0. The average molecular weight is 379 g/mol. The van der Waals surface area contributed by atoms with Crippen LogP contribution in [0, 0.1) is 29.1 Å². The lowest BCUT2D eigenvalue weighted by Gasteiger charge is -2.04. The first kappa shape index (κ1) is 22.4. The Labute approximate surface area is 151 Å². The van der Waals surface area contributed by atoms with E-state index in [0.29, 0.717) is 12.6 Å². The molecule has 0 fully saturated rings. The van der Waals surface area contributed by atoms with Crippen LogP contribution in [0.25, 0.3) is 0 Å². The minimum atomic E-state index is -2.19. The van der Waals surface area contributed by atoms with Gasteiger partial charge in [-0.05, 0) is 12.8 Å². The highest BCUT2D eigenvalue weighted by Crippen LogP contribution is 2.21. The molecule has 148 valence electrons. The van der Waals surface area contributed by atoms with Gasteiger partial charge in [0.15, 0.2) is 23.3 Å². The maximum absolute atomic E-state index is 13.4. The van der Waals surface area contributed by atoms with Gasteiger partial charge >= 0.3 is 0 Å². The summed E-state index contributed by atoms with van der Waals surface area (Å²) in [4.78, 5) is 4.83. The Morgan fingerprint density at radius 2 is 1.08 bits per heavy atom. The molecule has 26 heavy (non-hydrogen) atoms. The van der Waals surface area contributed by atoms with Crippen molar-refractivity contribution in [3.05, 3.63) is 34.6 Å². The summed E-state index contributed by atoms with van der Waals surface area (Å²) in [6, 6.07) is 0. The van der Waals surface area contributed by atoms with E-state index in [2.05, 4.69) is 12.1 Å². The molecule has 2 nitrogen and oxygen atoms in total.